The number of hydrazine groups is 1. The maximum Gasteiger partial charge on any atom is 0.305 e. The van der Waals surface area contributed by atoms with E-state index in [4.69, 9.17) is 27.6 Å². The minimum Gasteiger partial charge on any atom is -0.454 e. The number of halogens is 2. The van der Waals surface area contributed by atoms with Crippen molar-refractivity contribution >= 4 is 41.1 Å². The molecule has 2 N–H and O–H groups in total. The highest BCUT2D eigenvalue weighted by Gasteiger charge is 2.13. The summed E-state index contributed by atoms with van der Waals surface area (Å²) < 4.78 is 5.52. The van der Waals surface area contributed by atoms with Gasteiger partial charge in [0, 0.05) is 6.08 Å². The van der Waals surface area contributed by atoms with Gasteiger partial charge in [-0.25, -0.2) is 0 Å². The minimum absolute atomic E-state index is 0.130. The first-order valence-electron chi connectivity index (χ1n) is 8.47. The molecular weight excluding hydrogens is 389 g/mol. The van der Waals surface area contributed by atoms with Gasteiger partial charge in [-0.05, 0) is 49.0 Å². The maximum absolute atomic E-state index is 12.1. The van der Waals surface area contributed by atoms with Crippen LogP contribution in [0.15, 0.2) is 40.8 Å². The van der Waals surface area contributed by atoms with Gasteiger partial charge >= 0.3 is 5.91 Å². The van der Waals surface area contributed by atoms with Gasteiger partial charge in [-0.2, -0.15) is 0 Å². The van der Waals surface area contributed by atoms with Crippen LogP contribution < -0.4 is 10.9 Å². The molecule has 0 saturated carbocycles. The van der Waals surface area contributed by atoms with Crippen LogP contribution in [0, 0.1) is 0 Å². The lowest BCUT2D eigenvalue weighted by Gasteiger charge is -2.15. The summed E-state index contributed by atoms with van der Waals surface area (Å²) in [6.45, 7) is 6.52. The molecule has 8 heteroatoms. The Labute approximate surface area is 168 Å². The lowest BCUT2D eigenvalue weighted by molar-refractivity contribution is -0.117. The van der Waals surface area contributed by atoms with Crippen molar-refractivity contribution in [1.29, 1.82) is 0 Å². The number of nitrogens with zero attached hydrogens (tertiary/aromatic N) is 1. The molecule has 0 fully saturated rings. The largest absolute Gasteiger partial charge is 0.454 e. The molecule has 27 heavy (non-hydrogen) atoms. The Hall–Kier alpha value is -2.28. The molecule has 2 amide bonds. The van der Waals surface area contributed by atoms with E-state index in [0.717, 1.165) is 13.1 Å². The van der Waals surface area contributed by atoms with Crippen LogP contribution >= 0.6 is 23.2 Å². The average Bonchev–Trinajstić information content (AvgIpc) is 3.13. The highest BCUT2D eigenvalue weighted by atomic mass is 35.5. The number of carbonyl (C=O) groups is 2. The molecule has 0 aliphatic rings. The van der Waals surface area contributed by atoms with Crippen molar-refractivity contribution in [2.24, 2.45) is 0 Å². The molecule has 0 bridgehead atoms. The summed E-state index contributed by atoms with van der Waals surface area (Å²) in [5, 5.41) is 0.829. The predicted molar refractivity (Wildman–Crippen MR) is 106 cm³/mol. The molecule has 1 heterocycles. The van der Waals surface area contributed by atoms with E-state index >= 15 is 0 Å². The highest BCUT2D eigenvalue weighted by molar-refractivity contribution is 6.42. The first-order valence-corrected chi connectivity index (χ1v) is 9.23. The Morgan fingerprint density at radius 2 is 1.81 bits per heavy atom. The lowest BCUT2D eigenvalue weighted by atomic mass is 10.2. The normalized spacial score (nSPS) is 11.1. The Kier molecular flexibility index (Phi) is 7.91. The zero-order valence-corrected chi connectivity index (χ0v) is 16.6. The van der Waals surface area contributed by atoms with Gasteiger partial charge in [-0.3, -0.25) is 25.3 Å². The Bertz CT molecular complexity index is 829. The molecule has 144 valence electrons. The lowest BCUT2D eigenvalue weighted by Crippen LogP contribution is -2.40. The van der Waals surface area contributed by atoms with Crippen LogP contribution in [0.1, 0.15) is 35.7 Å². The first-order chi connectivity index (χ1) is 12.9. The molecule has 0 unspecified atom stereocenters. The highest BCUT2D eigenvalue weighted by Crippen LogP contribution is 2.23. The van der Waals surface area contributed by atoms with Crippen LogP contribution in [0.2, 0.25) is 10.0 Å². The fourth-order valence-corrected chi connectivity index (χ4v) is 2.57. The maximum atomic E-state index is 12.1. The van der Waals surface area contributed by atoms with Gasteiger partial charge in [0.2, 0.25) is 0 Å². The van der Waals surface area contributed by atoms with E-state index in [1.165, 1.54) is 6.08 Å². The van der Waals surface area contributed by atoms with Crippen LogP contribution in [0.5, 0.6) is 0 Å². The molecular formula is C19H21Cl2N3O3. The zero-order valence-electron chi connectivity index (χ0n) is 15.1. The third-order valence-corrected chi connectivity index (χ3v) is 4.57. The number of carbonyl (C=O) groups excluding carboxylic acids is 2. The number of hydrogen-bond donors (Lipinski definition) is 2. The predicted octanol–water partition coefficient (Wildman–Crippen LogP) is 3.90. The Balaban J connectivity index is 1.85. The SMILES string of the molecule is CCN(CC)Cc1ccc(C(=O)NNC(=O)/C=C/c2ccc(Cl)c(Cl)c2)o1. The smallest absolute Gasteiger partial charge is 0.305 e. The molecule has 0 aliphatic heterocycles. The molecule has 2 rings (SSSR count). The second-order valence-corrected chi connectivity index (χ2v) is 6.49. The fourth-order valence-electron chi connectivity index (χ4n) is 2.26. The van der Waals surface area contributed by atoms with Crippen LogP contribution in [-0.4, -0.2) is 29.8 Å². The van der Waals surface area contributed by atoms with E-state index in [0.29, 0.717) is 27.9 Å². The molecule has 1 aromatic carbocycles. The molecule has 0 aliphatic carbocycles. The minimum atomic E-state index is -0.530. The van der Waals surface area contributed by atoms with E-state index in [-0.39, 0.29) is 5.76 Å². The van der Waals surface area contributed by atoms with Crippen molar-refractivity contribution in [3.63, 3.8) is 0 Å². The Morgan fingerprint density at radius 1 is 1.07 bits per heavy atom. The van der Waals surface area contributed by atoms with Crippen molar-refractivity contribution in [2.45, 2.75) is 20.4 Å². The van der Waals surface area contributed by atoms with Gasteiger partial charge < -0.3 is 4.42 Å². The van der Waals surface area contributed by atoms with Crippen LogP contribution in [0.4, 0.5) is 0 Å². The fraction of sp³-hybridized carbons (Fsp3) is 0.263. The number of amides is 2. The summed E-state index contributed by atoms with van der Waals surface area (Å²) in [6.07, 6.45) is 2.83. The summed E-state index contributed by atoms with van der Waals surface area (Å²) >= 11 is 11.8. The first kappa shape index (κ1) is 21.0. The van der Waals surface area contributed by atoms with E-state index in [2.05, 4.69) is 29.6 Å². The van der Waals surface area contributed by atoms with Crippen molar-refractivity contribution in [2.75, 3.05) is 13.1 Å². The van der Waals surface area contributed by atoms with Crippen molar-refractivity contribution < 1.29 is 14.0 Å². The van der Waals surface area contributed by atoms with Crippen LogP contribution in [0.25, 0.3) is 6.08 Å². The zero-order chi connectivity index (χ0) is 19.8. The van der Waals surface area contributed by atoms with Gasteiger partial charge in [0.05, 0.1) is 16.6 Å². The topological polar surface area (TPSA) is 74.6 Å². The van der Waals surface area contributed by atoms with Crippen molar-refractivity contribution in [1.82, 2.24) is 15.8 Å². The summed E-state index contributed by atoms with van der Waals surface area (Å²) in [5.41, 5.74) is 5.31. The summed E-state index contributed by atoms with van der Waals surface area (Å²) in [6, 6.07) is 8.31. The number of furan rings is 1. The van der Waals surface area contributed by atoms with Crippen molar-refractivity contribution in [3.05, 3.63) is 63.5 Å². The quantitative estimate of drug-likeness (QED) is 0.536. The van der Waals surface area contributed by atoms with E-state index < -0.39 is 11.8 Å². The van der Waals surface area contributed by atoms with Gasteiger partial charge in [0.1, 0.15) is 5.76 Å². The number of benzene rings is 1. The molecule has 6 nitrogen and oxygen atoms in total. The molecule has 2 aromatic rings. The molecule has 0 atom stereocenters. The number of rotatable bonds is 7. The van der Waals surface area contributed by atoms with Gasteiger partial charge in [0.15, 0.2) is 5.76 Å². The molecule has 0 radical (unpaired) electrons. The molecule has 1 aromatic heterocycles. The van der Waals surface area contributed by atoms with Crippen LogP contribution in [-0.2, 0) is 11.3 Å². The second-order valence-electron chi connectivity index (χ2n) is 5.68. The van der Waals surface area contributed by atoms with Gasteiger partial charge in [0.25, 0.3) is 5.91 Å². The van der Waals surface area contributed by atoms with E-state index in [1.807, 2.05) is 0 Å². The van der Waals surface area contributed by atoms with Gasteiger partial charge in [-0.15, -0.1) is 0 Å². The molecule has 0 spiro atoms. The molecule has 0 saturated heterocycles. The van der Waals surface area contributed by atoms with Crippen LogP contribution in [0.3, 0.4) is 0 Å². The number of hydrogen-bond acceptors (Lipinski definition) is 4. The summed E-state index contributed by atoms with van der Waals surface area (Å²) in [5.74, 6) is -0.206. The standard InChI is InChI=1S/C19H21Cl2N3O3/c1-3-24(4-2)12-14-7-9-17(27-14)19(26)23-22-18(25)10-6-13-5-8-15(20)16(21)11-13/h5-11H,3-4,12H2,1-2H3,(H,22,25)(H,23,26)/b10-6+. The third-order valence-electron chi connectivity index (χ3n) is 3.83. The van der Waals surface area contributed by atoms with Gasteiger partial charge in [-0.1, -0.05) is 43.1 Å². The number of nitrogens with one attached hydrogen (secondary N) is 2. The summed E-state index contributed by atoms with van der Waals surface area (Å²) in [4.78, 5) is 26.0. The monoisotopic (exact) mass is 409 g/mol. The summed E-state index contributed by atoms with van der Waals surface area (Å²) in [7, 11) is 0. The Morgan fingerprint density at radius 3 is 2.48 bits per heavy atom. The third kappa shape index (κ3) is 6.43. The van der Waals surface area contributed by atoms with E-state index in [9.17, 15) is 9.59 Å². The average molecular weight is 410 g/mol. The van der Waals surface area contributed by atoms with Crippen molar-refractivity contribution in [3.8, 4) is 0 Å². The van der Waals surface area contributed by atoms with E-state index in [1.54, 1.807) is 36.4 Å². The second kappa shape index (κ2) is 10.2.